The number of hydrogen-bond donors (Lipinski definition) is 3. The molecule has 0 spiro atoms. The van der Waals surface area contributed by atoms with Gasteiger partial charge in [-0.25, -0.2) is 9.80 Å². The summed E-state index contributed by atoms with van der Waals surface area (Å²) in [6, 6.07) is 12.0. The van der Waals surface area contributed by atoms with Crippen LogP contribution in [0.25, 0.3) is 6.08 Å². The molecule has 3 rings (SSSR count). The number of carbonyl (C=O) groups excluding carboxylic acids is 3. The van der Waals surface area contributed by atoms with E-state index in [9.17, 15) is 24.6 Å². The van der Waals surface area contributed by atoms with Crippen molar-refractivity contribution in [2.45, 2.75) is 39.4 Å². The summed E-state index contributed by atoms with van der Waals surface area (Å²) in [6.07, 6.45) is -1.21. The van der Waals surface area contributed by atoms with E-state index in [1.165, 1.54) is 6.08 Å². The van der Waals surface area contributed by atoms with Crippen molar-refractivity contribution in [1.82, 2.24) is 5.43 Å². The molecular weight excluding hydrogens is 468 g/mol. The highest BCUT2D eigenvalue weighted by atomic mass is 16.6. The molecule has 1 aliphatic heterocycles. The van der Waals surface area contributed by atoms with Crippen molar-refractivity contribution < 1.29 is 38.8 Å². The summed E-state index contributed by atoms with van der Waals surface area (Å²) in [5.74, 6) is -1.36. The molecule has 10 heteroatoms. The second-order valence-corrected chi connectivity index (χ2v) is 8.01. The Morgan fingerprint density at radius 2 is 1.81 bits per heavy atom. The van der Waals surface area contributed by atoms with Crippen LogP contribution in [-0.4, -0.2) is 60.0 Å². The maximum atomic E-state index is 13.0. The number of aliphatic hydroxyl groups is 2. The van der Waals surface area contributed by atoms with Crippen LogP contribution in [-0.2, 0) is 19.1 Å². The fourth-order valence-corrected chi connectivity index (χ4v) is 3.48. The maximum absolute atomic E-state index is 13.0. The van der Waals surface area contributed by atoms with Crippen LogP contribution in [0.3, 0.4) is 0 Å². The van der Waals surface area contributed by atoms with E-state index in [0.29, 0.717) is 29.2 Å². The molecule has 2 aromatic carbocycles. The number of hydrogen-bond acceptors (Lipinski definition) is 8. The fourth-order valence-electron chi connectivity index (χ4n) is 3.48. The Morgan fingerprint density at radius 3 is 2.47 bits per heavy atom. The van der Waals surface area contributed by atoms with Crippen LogP contribution in [0.2, 0.25) is 0 Å². The minimum absolute atomic E-state index is 0.0488. The second kappa shape index (κ2) is 12.2. The van der Waals surface area contributed by atoms with Crippen LogP contribution in [0, 0.1) is 6.92 Å². The van der Waals surface area contributed by atoms with Gasteiger partial charge in [-0.1, -0.05) is 25.1 Å². The molecule has 0 aromatic heterocycles. The fraction of sp³-hybridized carbons (Fsp3) is 0.346. The SMILES string of the molecule is CCCOc1ccc(C=C2C(=O)NN(c3ccccc3)C2=O)c(OC[C@H](O)[C@@H](O)C(=O)OCC)c1C. The molecule has 36 heavy (non-hydrogen) atoms. The summed E-state index contributed by atoms with van der Waals surface area (Å²) < 4.78 is 16.3. The Hall–Kier alpha value is -3.89. The monoisotopic (exact) mass is 498 g/mol. The van der Waals surface area contributed by atoms with Gasteiger partial charge in [0.05, 0.1) is 18.9 Å². The first kappa shape index (κ1) is 26.7. The zero-order valence-corrected chi connectivity index (χ0v) is 20.4. The van der Waals surface area contributed by atoms with Gasteiger partial charge in [0.15, 0.2) is 6.10 Å². The zero-order valence-electron chi connectivity index (χ0n) is 20.4. The standard InChI is InChI=1S/C26H30N2O8/c1-4-13-35-21-12-11-17(23(16(21)3)36-15-20(29)22(30)26(33)34-5-2)14-19-24(31)27-28(25(19)32)18-9-7-6-8-10-18/h6-12,14,20,22,29-30H,4-5,13,15H2,1-3H3,(H,27,31)/t20-,22+/m0/s1. The van der Waals surface area contributed by atoms with E-state index in [-0.39, 0.29) is 17.9 Å². The van der Waals surface area contributed by atoms with Crippen molar-refractivity contribution in [2.24, 2.45) is 0 Å². The van der Waals surface area contributed by atoms with Gasteiger partial charge in [0.2, 0.25) is 0 Å². The summed E-state index contributed by atoms with van der Waals surface area (Å²) in [4.78, 5) is 37.4. The molecule has 0 saturated carbocycles. The Bertz CT molecular complexity index is 1130. The van der Waals surface area contributed by atoms with Crippen molar-refractivity contribution in [1.29, 1.82) is 0 Å². The predicted octanol–water partition coefficient (Wildman–Crippen LogP) is 1.91. The van der Waals surface area contributed by atoms with E-state index in [2.05, 4.69) is 5.43 Å². The average Bonchev–Trinajstić information content (AvgIpc) is 3.16. The van der Waals surface area contributed by atoms with Gasteiger partial charge < -0.3 is 24.4 Å². The van der Waals surface area contributed by atoms with Crippen LogP contribution in [0.15, 0.2) is 48.0 Å². The third-order valence-electron chi connectivity index (χ3n) is 5.35. The molecule has 1 heterocycles. The molecule has 1 aliphatic rings. The van der Waals surface area contributed by atoms with Crippen molar-refractivity contribution >= 4 is 29.5 Å². The van der Waals surface area contributed by atoms with E-state index < -0.39 is 36.6 Å². The van der Waals surface area contributed by atoms with E-state index in [1.54, 1.807) is 56.3 Å². The number of para-hydroxylation sites is 1. The van der Waals surface area contributed by atoms with Crippen LogP contribution in [0.1, 0.15) is 31.4 Å². The third kappa shape index (κ3) is 6.02. The first-order valence-electron chi connectivity index (χ1n) is 11.6. The van der Waals surface area contributed by atoms with E-state index in [1.807, 2.05) is 6.92 Å². The molecule has 2 amide bonds. The normalized spacial score (nSPS) is 16.0. The molecule has 0 radical (unpaired) electrons. The van der Waals surface area contributed by atoms with Gasteiger partial charge in [0.1, 0.15) is 29.8 Å². The molecule has 1 saturated heterocycles. The Balaban J connectivity index is 1.92. The third-order valence-corrected chi connectivity index (χ3v) is 5.35. The van der Waals surface area contributed by atoms with E-state index in [4.69, 9.17) is 14.2 Å². The van der Waals surface area contributed by atoms with E-state index in [0.717, 1.165) is 11.4 Å². The molecule has 0 aliphatic carbocycles. The van der Waals surface area contributed by atoms with Crippen molar-refractivity contribution in [2.75, 3.05) is 24.8 Å². The van der Waals surface area contributed by atoms with Gasteiger partial charge in [0, 0.05) is 11.1 Å². The lowest BCUT2D eigenvalue weighted by Crippen LogP contribution is -2.39. The number of amides is 2. The number of benzene rings is 2. The molecule has 1 fully saturated rings. The van der Waals surface area contributed by atoms with Gasteiger partial charge >= 0.3 is 5.97 Å². The molecule has 192 valence electrons. The summed E-state index contributed by atoms with van der Waals surface area (Å²) in [7, 11) is 0. The Kier molecular flexibility index (Phi) is 9.04. The Labute approximate surface area is 209 Å². The number of carbonyl (C=O) groups is 3. The highest BCUT2D eigenvalue weighted by molar-refractivity contribution is 6.31. The number of ether oxygens (including phenoxy) is 3. The van der Waals surface area contributed by atoms with Gasteiger partial charge in [-0.3, -0.25) is 15.0 Å². The van der Waals surface area contributed by atoms with Gasteiger partial charge in [-0.2, -0.15) is 0 Å². The number of rotatable bonds is 11. The molecule has 2 atom stereocenters. The molecular formula is C26H30N2O8. The lowest BCUT2D eigenvalue weighted by molar-refractivity contribution is -0.160. The number of nitrogens with zero attached hydrogens (tertiary/aromatic N) is 1. The van der Waals surface area contributed by atoms with E-state index >= 15 is 0 Å². The largest absolute Gasteiger partial charge is 0.493 e. The van der Waals surface area contributed by atoms with Crippen LogP contribution < -0.4 is 19.9 Å². The van der Waals surface area contributed by atoms with Crippen LogP contribution >= 0.6 is 0 Å². The maximum Gasteiger partial charge on any atom is 0.337 e. The van der Waals surface area contributed by atoms with Gasteiger partial charge in [-0.05, 0) is 50.6 Å². The first-order chi connectivity index (χ1) is 17.3. The predicted molar refractivity (Wildman–Crippen MR) is 131 cm³/mol. The lowest BCUT2D eigenvalue weighted by Gasteiger charge is -2.20. The number of hydrazine groups is 1. The van der Waals surface area contributed by atoms with Crippen molar-refractivity contribution in [3.8, 4) is 11.5 Å². The van der Waals surface area contributed by atoms with Crippen molar-refractivity contribution in [3.05, 3.63) is 59.2 Å². The molecule has 0 unspecified atom stereocenters. The van der Waals surface area contributed by atoms with Crippen molar-refractivity contribution in [3.63, 3.8) is 0 Å². The molecule has 3 N–H and O–H groups in total. The summed E-state index contributed by atoms with van der Waals surface area (Å²) in [5.41, 5.74) is 3.87. The highest BCUT2D eigenvalue weighted by Gasteiger charge is 2.35. The number of esters is 1. The number of aliphatic hydroxyl groups excluding tert-OH is 2. The number of nitrogens with one attached hydrogen (secondary N) is 1. The highest BCUT2D eigenvalue weighted by Crippen LogP contribution is 2.34. The Morgan fingerprint density at radius 1 is 1.08 bits per heavy atom. The second-order valence-electron chi connectivity index (χ2n) is 8.01. The summed E-state index contributed by atoms with van der Waals surface area (Å²) >= 11 is 0. The summed E-state index contributed by atoms with van der Waals surface area (Å²) in [5, 5.41) is 21.4. The zero-order chi connectivity index (χ0) is 26.2. The minimum Gasteiger partial charge on any atom is -0.493 e. The molecule has 0 bridgehead atoms. The lowest BCUT2D eigenvalue weighted by atomic mass is 10.0. The van der Waals surface area contributed by atoms with Gasteiger partial charge in [-0.15, -0.1) is 0 Å². The first-order valence-corrected chi connectivity index (χ1v) is 11.6. The van der Waals surface area contributed by atoms with Crippen LogP contribution in [0.5, 0.6) is 11.5 Å². The molecule has 10 nitrogen and oxygen atoms in total. The molecule has 2 aromatic rings. The average molecular weight is 499 g/mol. The number of anilines is 1. The summed E-state index contributed by atoms with van der Waals surface area (Å²) in [6.45, 7) is 5.32. The van der Waals surface area contributed by atoms with Crippen LogP contribution in [0.4, 0.5) is 5.69 Å². The topological polar surface area (TPSA) is 135 Å². The van der Waals surface area contributed by atoms with Gasteiger partial charge in [0.25, 0.3) is 11.8 Å². The minimum atomic E-state index is -1.80. The smallest absolute Gasteiger partial charge is 0.337 e. The quantitative estimate of drug-likeness (QED) is 0.243.